The van der Waals surface area contributed by atoms with Crippen molar-refractivity contribution in [1.29, 1.82) is 0 Å². The molecule has 1 saturated heterocycles. The first-order valence-corrected chi connectivity index (χ1v) is 8.80. The molecule has 1 heterocycles. The van der Waals surface area contributed by atoms with Crippen molar-refractivity contribution in [3.63, 3.8) is 0 Å². The molecule has 0 radical (unpaired) electrons. The van der Waals surface area contributed by atoms with Gasteiger partial charge in [-0.2, -0.15) is 5.10 Å². The normalized spacial score (nSPS) is 16.6. The maximum atomic E-state index is 12.4. The maximum Gasteiger partial charge on any atom is 0.270 e. The van der Waals surface area contributed by atoms with E-state index in [2.05, 4.69) is 10.5 Å². The number of aryl methyl sites for hydroxylation is 2. The molecule has 0 aliphatic carbocycles. The highest BCUT2D eigenvalue weighted by Gasteiger charge is 2.35. The Bertz CT molecular complexity index is 970. The van der Waals surface area contributed by atoms with Gasteiger partial charge in [0.1, 0.15) is 0 Å². The summed E-state index contributed by atoms with van der Waals surface area (Å²) < 4.78 is 0. The van der Waals surface area contributed by atoms with Crippen molar-refractivity contribution < 1.29 is 14.5 Å². The van der Waals surface area contributed by atoms with Gasteiger partial charge in [-0.15, -0.1) is 0 Å². The van der Waals surface area contributed by atoms with E-state index in [0.717, 1.165) is 16.8 Å². The molecule has 0 aromatic heterocycles. The topological polar surface area (TPSA) is 105 Å². The van der Waals surface area contributed by atoms with E-state index in [1.165, 1.54) is 18.3 Å². The van der Waals surface area contributed by atoms with Crippen LogP contribution in [0.25, 0.3) is 0 Å². The number of amides is 2. The number of benzene rings is 2. The third-order valence-electron chi connectivity index (χ3n) is 4.62. The minimum absolute atomic E-state index is 0.0548. The predicted molar refractivity (Wildman–Crippen MR) is 105 cm³/mol. The number of rotatable bonds is 5. The Morgan fingerprint density at radius 1 is 1.29 bits per heavy atom. The van der Waals surface area contributed by atoms with Gasteiger partial charge < -0.3 is 4.90 Å². The number of hydrogen-bond acceptors (Lipinski definition) is 5. The Morgan fingerprint density at radius 3 is 2.82 bits per heavy atom. The Balaban J connectivity index is 1.64. The summed E-state index contributed by atoms with van der Waals surface area (Å²) in [5.74, 6) is -0.964. The number of nitrogens with zero attached hydrogens (tertiary/aromatic N) is 3. The standard InChI is InChI=1S/C20H20N4O4/c1-13-6-7-14(2)18(8-13)23-12-16(10-19(23)25)20(26)22-21-11-15-4-3-5-17(9-15)24(27)28/h3-9,11,16H,10,12H2,1-2H3,(H,22,26). The van der Waals surface area contributed by atoms with Crippen LogP contribution in [-0.2, 0) is 9.59 Å². The van der Waals surface area contributed by atoms with Crippen molar-refractivity contribution in [1.82, 2.24) is 5.43 Å². The SMILES string of the molecule is Cc1ccc(C)c(N2CC(C(=O)NN=Cc3cccc([N+](=O)[O-])c3)CC2=O)c1. The molecule has 1 atom stereocenters. The minimum Gasteiger partial charge on any atom is -0.311 e. The van der Waals surface area contributed by atoms with Gasteiger partial charge in [-0.3, -0.25) is 19.7 Å². The number of hydrazone groups is 1. The third-order valence-corrected chi connectivity index (χ3v) is 4.62. The molecule has 2 amide bonds. The van der Waals surface area contributed by atoms with Crippen LogP contribution in [-0.4, -0.2) is 29.5 Å². The van der Waals surface area contributed by atoms with Crippen molar-refractivity contribution in [2.24, 2.45) is 11.0 Å². The Hall–Kier alpha value is -3.55. The van der Waals surface area contributed by atoms with Crippen molar-refractivity contribution in [2.45, 2.75) is 20.3 Å². The third kappa shape index (κ3) is 4.22. The lowest BCUT2D eigenvalue weighted by Gasteiger charge is -2.19. The number of nitro benzene ring substituents is 1. The van der Waals surface area contributed by atoms with E-state index in [-0.39, 0.29) is 23.9 Å². The second-order valence-corrected chi connectivity index (χ2v) is 6.78. The largest absolute Gasteiger partial charge is 0.311 e. The van der Waals surface area contributed by atoms with Crippen LogP contribution in [0.1, 0.15) is 23.1 Å². The van der Waals surface area contributed by atoms with E-state index < -0.39 is 10.8 Å². The molecule has 2 aromatic rings. The van der Waals surface area contributed by atoms with E-state index >= 15 is 0 Å². The molecule has 1 N–H and O–H groups in total. The summed E-state index contributed by atoms with van der Waals surface area (Å²) in [5.41, 5.74) is 5.70. The van der Waals surface area contributed by atoms with Crippen LogP contribution in [0.15, 0.2) is 47.6 Å². The summed E-state index contributed by atoms with van der Waals surface area (Å²) >= 11 is 0. The van der Waals surface area contributed by atoms with Crippen molar-refractivity contribution in [2.75, 3.05) is 11.4 Å². The van der Waals surface area contributed by atoms with E-state index in [0.29, 0.717) is 12.1 Å². The predicted octanol–water partition coefficient (Wildman–Crippen LogP) is 2.71. The summed E-state index contributed by atoms with van der Waals surface area (Å²) in [6, 6.07) is 11.8. The maximum absolute atomic E-state index is 12.4. The van der Waals surface area contributed by atoms with E-state index in [1.54, 1.807) is 17.0 Å². The lowest BCUT2D eigenvalue weighted by Crippen LogP contribution is -2.30. The highest BCUT2D eigenvalue weighted by molar-refractivity contribution is 6.01. The second kappa shape index (κ2) is 7.99. The number of nitrogens with one attached hydrogen (secondary N) is 1. The van der Waals surface area contributed by atoms with Gasteiger partial charge in [0.25, 0.3) is 5.69 Å². The molecule has 144 valence electrons. The average Bonchev–Trinajstić information content (AvgIpc) is 3.05. The number of nitro groups is 1. The van der Waals surface area contributed by atoms with E-state index in [1.807, 2.05) is 32.0 Å². The number of carbonyl (C=O) groups excluding carboxylic acids is 2. The first kappa shape index (κ1) is 19.2. The van der Waals surface area contributed by atoms with Gasteiger partial charge in [-0.25, -0.2) is 5.43 Å². The zero-order chi connectivity index (χ0) is 20.3. The summed E-state index contributed by atoms with van der Waals surface area (Å²) in [4.78, 5) is 36.7. The van der Waals surface area contributed by atoms with Gasteiger partial charge in [-0.1, -0.05) is 24.3 Å². The average molecular weight is 380 g/mol. The lowest BCUT2D eigenvalue weighted by atomic mass is 10.1. The molecule has 0 saturated carbocycles. The highest BCUT2D eigenvalue weighted by Crippen LogP contribution is 2.28. The molecule has 8 heteroatoms. The zero-order valence-electron chi connectivity index (χ0n) is 15.6. The van der Waals surface area contributed by atoms with Crippen LogP contribution in [0.3, 0.4) is 0 Å². The zero-order valence-corrected chi connectivity index (χ0v) is 15.6. The monoisotopic (exact) mass is 380 g/mol. The summed E-state index contributed by atoms with van der Waals surface area (Å²) in [6.07, 6.45) is 1.45. The number of hydrogen-bond donors (Lipinski definition) is 1. The molecule has 1 aliphatic rings. The van der Waals surface area contributed by atoms with Gasteiger partial charge in [0.05, 0.1) is 17.1 Å². The first-order valence-electron chi connectivity index (χ1n) is 8.80. The molecule has 0 bridgehead atoms. The number of non-ortho nitro benzene ring substituents is 1. The first-order chi connectivity index (χ1) is 13.3. The van der Waals surface area contributed by atoms with Crippen LogP contribution in [0.4, 0.5) is 11.4 Å². The van der Waals surface area contributed by atoms with E-state index in [9.17, 15) is 19.7 Å². The summed E-state index contributed by atoms with van der Waals surface area (Å²) in [6.45, 7) is 4.18. The van der Waals surface area contributed by atoms with Gasteiger partial charge >= 0.3 is 0 Å². The highest BCUT2D eigenvalue weighted by atomic mass is 16.6. The molecule has 1 fully saturated rings. The van der Waals surface area contributed by atoms with Crippen LogP contribution >= 0.6 is 0 Å². The van der Waals surface area contributed by atoms with Crippen molar-refractivity contribution in [3.8, 4) is 0 Å². The van der Waals surface area contributed by atoms with Crippen molar-refractivity contribution >= 4 is 29.4 Å². The van der Waals surface area contributed by atoms with Gasteiger partial charge in [-0.05, 0) is 31.0 Å². The van der Waals surface area contributed by atoms with Crippen LogP contribution in [0.2, 0.25) is 0 Å². The van der Waals surface area contributed by atoms with Crippen molar-refractivity contribution in [3.05, 3.63) is 69.3 Å². The van der Waals surface area contributed by atoms with Gasteiger partial charge in [0, 0.05) is 36.3 Å². The summed E-state index contributed by atoms with van der Waals surface area (Å²) in [7, 11) is 0. The Labute approximate surface area is 162 Å². The fourth-order valence-corrected chi connectivity index (χ4v) is 3.11. The van der Waals surface area contributed by atoms with Crippen LogP contribution in [0, 0.1) is 29.9 Å². The number of carbonyl (C=O) groups is 2. The minimum atomic E-state index is -0.505. The van der Waals surface area contributed by atoms with Crippen LogP contribution < -0.4 is 10.3 Å². The molecule has 1 aliphatic heterocycles. The Kier molecular flexibility index (Phi) is 5.49. The smallest absolute Gasteiger partial charge is 0.270 e. The molecule has 2 aromatic carbocycles. The quantitative estimate of drug-likeness (QED) is 0.489. The molecule has 8 nitrogen and oxygen atoms in total. The molecule has 3 rings (SSSR count). The molecule has 1 unspecified atom stereocenters. The van der Waals surface area contributed by atoms with Crippen LogP contribution in [0.5, 0.6) is 0 Å². The molecular weight excluding hydrogens is 360 g/mol. The fourth-order valence-electron chi connectivity index (χ4n) is 3.11. The fraction of sp³-hybridized carbons (Fsp3) is 0.250. The molecular formula is C20H20N4O4. The lowest BCUT2D eigenvalue weighted by molar-refractivity contribution is -0.384. The number of anilines is 1. The molecule has 28 heavy (non-hydrogen) atoms. The van der Waals surface area contributed by atoms with Gasteiger partial charge in [0.15, 0.2) is 0 Å². The summed E-state index contributed by atoms with van der Waals surface area (Å²) in [5, 5.41) is 14.7. The van der Waals surface area contributed by atoms with E-state index in [4.69, 9.17) is 0 Å². The second-order valence-electron chi connectivity index (χ2n) is 6.78. The molecule has 0 spiro atoms. The van der Waals surface area contributed by atoms with Gasteiger partial charge in [0.2, 0.25) is 11.8 Å². The Morgan fingerprint density at radius 2 is 2.07 bits per heavy atom.